The summed E-state index contributed by atoms with van der Waals surface area (Å²) in [5.41, 5.74) is 14.4. The van der Waals surface area contributed by atoms with Crippen LogP contribution in [0.4, 0.5) is 0 Å². The summed E-state index contributed by atoms with van der Waals surface area (Å²) in [5.74, 6) is 1.99. The normalized spacial score (nSPS) is 13.3. The van der Waals surface area contributed by atoms with Crippen LogP contribution in [0.3, 0.4) is 0 Å². The van der Waals surface area contributed by atoms with Crippen LogP contribution in [-0.2, 0) is 6.42 Å². The van der Waals surface area contributed by atoms with E-state index in [1.54, 1.807) is 0 Å². The van der Waals surface area contributed by atoms with Crippen LogP contribution in [-0.4, -0.2) is 28.2 Å². The zero-order valence-electron chi connectivity index (χ0n) is 36.3. The number of benzene rings is 7. The summed E-state index contributed by atoms with van der Waals surface area (Å²) in [6.07, 6.45) is 11.2. The van der Waals surface area contributed by atoms with Crippen LogP contribution in [0.15, 0.2) is 200 Å². The van der Waals surface area contributed by atoms with E-state index in [1.807, 2.05) is 0 Å². The molecule has 64 heavy (non-hydrogen) atoms. The van der Waals surface area contributed by atoms with Crippen molar-refractivity contribution in [3.63, 3.8) is 0 Å². The van der Waals surface area contributed by atoms with Crippen molar-refractivity contribution in [2.45, 2.75) is 33.6 Å². The van der Waals surface area contributed by atoms with Crippen molar-refractivity contribution in [3.8, 4) is 56.9 Å². The molecule has 6 heteroatoms. The molecule has 7 aromatic carbocycles. The summed E-state index contributed by atoms with van der Waals surface area (Å²) >= 11 is 0. The maximum Gasteiger partial charge on any atom is 0.182 e. The average molecular weight is 829 g/mol. The van der Waals surface area contributed by atoms with Crippen molar-refractivity contribution < 1.29 is 0 Å². The standard InChI is InChI=1S/C55H40N6.C3H8/c1-37-26-29-45-47-34-39(28-31-52(47)61(53(45)32-37)43-22-12-5-13-23-43)49-36-59(41-18-8-3-9-19-41)55(57-49)54-56-48(35-58(54)40-16-6-2-7-17-40)38-27-30-51-46(33-38)44-24-14-15-25-50(44)60(51)42-20-10-4-11-21-42;1-3-2/h2-31,33-37H,32H2,1H3;3H2,1-2H3. The molecule has 0 amide bonds. The van der Waals surface area contributed by atoms with Crippen LogP contribution in [0.1, 0.15) is 38.4 Å². The molecular formula is C58H48N6. The van der Waals surface area contributed by atoms with Crippen LogP contribution in [0.2, 0.25) is 0 Å². The predicted molar refractivity (Wildman–Crippen MR) is 266 cm³/mol. The Morgan fingerprint density at radius 1 is 0.469 bits per heavy atom. The summed E-state index contributed by atoms with van der Waals surface area (Å²) in [7, 11) is 0. The van der Waals surface area contributed by atoms with E-state index in [0.717, 1.165) is 63.2 Å². The van der Waals surface area contributed by atoms with Gasteiger partial charge in [-0.1, -0.05) is 142 Å². The highest BCUT2D eigenvalue weighted by atomic mass is 15.2. The minimum absolute atomic E-state index is 0.470. The minimum atomic E-state index is 0.470. The number of rotatable bonds is 7. The Hall–Kier alpha value is -7.96. The number of imidazole rings is 2. The Morgan fingerprint density at radius 3 is 1.45 bits per heavy atom. The van der Waals surface area contributed by atoms with Crippen molar-refractivity contribution in [2.75, 3.05) is 0 Å². The second-order valence-electron chi connectivity index (χ2n) is 16.7. The molecule has 0 aliphatic heterocycles. The van der Waals surface area contributed by atoms with Gasteiger partial charge in [-0.05, 0) is 91.2 Å². The largest absolute Gasteiger partial charge is 0.313 e. The van der Waals surface area contributed by atoms with E-state index in [-0.39, 0.29) is 0 Å². The zero-order valence-corrected chi connectivity index (χ0v) is 36.3. The zero-order chi connectivity index (χ0) is 43.1. The lowest BCUT2D eigenvalue weighted by molar-refractivity contribution is 0.690. The Labute approximate surface area is 373 Å². The van der Waals surface area contributed by atoms with Crippen molar-refractivity contribution in [1.29, 1.82) is 0 Å². The number of para-hydroxylation sites is 5. The van der Waals surface area contributed by atoms with E-state index >= 15 is 0 Å². The Kier molecular flexibility index (Phi) is 9.97. The highest BCUT2D eigenvalue weighted by Crippen LogP contribution is 2.40. The number of hydrogen-bond donors (Lipinski definition) is 0. The molecule has 0 N–H and O–H groups in total. The lowest BCUT2D eigenvalue weighted by Crippen LogP contribution is -2.08. The van der Waals surface area contributed by atoms with E-state index < -0.39 is 0 Å². The van der Waals surface area contributed by atoms with E-state index in [0.29, 0.717) is 5.92 Å². The van der Waals surface area contributed by atoms with Gasteiger partial charge in [0, 0.05) is 73.7 Å². The summed E-state index contributed by atoms with van der Waals surface area (Å²) < 4.78 is 9.16. The number of hydrogen-bond acceptors (Lipinski definition) is 2. The summed E-state index contributed by atoms with van der Waals surface area (Å²) in [4.78, 5) is 11.0. The van der Waals surface area contributed by atoms with Gasteiger partial charge in [0.1, 0.15) is 0 Å². The Bertz CT molecular complexity index is 3460. The van der Waals surface area contributed by atoms with Crippen LogP contribution >= 0.6 is 0 Å². The van der Waals surface area contributed by atoms with Gasteiger partial charge >= 0.3 is 0 Å². The Morgan fingerprint density at radius 2 is 0.906 bits per heavy atom. The molecule has 0 radical (unpaired) electrons. The van der Waals surface area contributed by atoms with Gasteiger partial charge in [0.15, 0.2) is 11.6 Å². The monoisotopic (exact) mass is 828 g/mol. The third-order valence-corrected chi connectivity index (χ3v) is 12.2. The molecule has 0 fully saturated rings. The number of allylic oxidation sites excluding steroid dienone is 1. The van der Waals surface area contributed by atoms with Gasteiger partial charge in [-0.15, -0.1) is 0 Å². The van der Waals surface area contributed by atoms with Crippen molar-refractivity contribution in [2.24, 2.45) is 5.92 Å². The quantitative estimate of drug-likeness (QED) is 0.161. The van der Waals surface area contributed by atoms with E-state index in [1.165, 1.54) is 50.6 Å². The minimum Gasteiger partial charge on any atom is -0.313 e. The third-order valence-electron chi connectivity index (χ3n) is 12.2. The number of fused-ring (bicyclic) bond motifs is 6. The number of nitrogens with zero attached hydrogens (tertiary/aromatic N) is 6. The van der Waals surface area contributed by atoms with Crippen LogP contribution < -0.4 is 0 Å². The van der Waals surface area contributed by atoms with Crippen LogP contribution in [0.5, 0.6) is 0 Å². The second-order valence-corrected chi connectivity index (χ2v) is 16.7. The van der Waals surface area contributed by atoms with Gasteiger partial charge in [0.25, 0.3) is 0 Å². The van der Waals surface area contributed by atoms with Crippen molar-refractivity contribution in [1.82, 2.24) is 28.2 Å². The first-order chi connectivity index (χ1) is 31.6. The molecule has 1 unspecified atom stereocenters. The van der Waals surface area contributed by atoms with Crippen molar-refractivity contribution >= 4 is 38.8 Å². The topological polar surface area (TPSA) is 45.5 Å². The highest BCUT2D eigenvalue weighted by Gasteiger charge is 2.25. The average Bonchev–Trinajstić information content (AvgIpc) is 4.14. The fourth-order valence-corrected chi connectivity index (χ4v) is 9.33. The summed E-state index contributed by atoms with van der Waals surface area (Å²) in [5, 5.41) is 3.62. The van der Waals surface area contributed by atoms with Crippen LogP contribution in [0, 0.1) is 5.92 Å². The molecule has 0 saturated carbocycles. The van der Waals surface area contributed by atoms with Crippen molar-refractivity contribution in [3.05, 3.63) is 212 Å². The molecule has 0 saturated heterocycles. The molecule has 11 aromatic rings. The number of aromatic nitrogens is 6. The summed E-state index contributed by atoms with van der Waals surface area (Å²) in [6.45, 7) is 6.54. The van der Waals surface area contributed by atoms with E-state index in [2.05, 4.69) is 246 Å². The second kappa shape index (κ2) is 16.4. The van der Waals surface area contributed by atoms with Gasteiger partial charge in [0.2, 0.25) is 0 Å². The lowest BCUT2D eigenvalue weighted by atomic mass is 9.94. The smallest absolute Gasteiger partial charge is 0.182 e. The molecule has 0 bridgehead atoms. The maximum absolute atomic E-state index is 5.50. The molecule has 0 spiro atoms. The van der Waals surface area contributed by atoms with Crippen LogP contribution in [0.25, 0.3) is 95.7 Å². The molecular weight excluding hydrogens is 781 g/mol. The molecule has 1 aliphatic carbocycles. The molecule has 6 nitrogen and oxygen atoms in total. The first-order valence-electron chi connectivity index (χ1n) is 22.4. The fourth-order valence-electron chi connectivity index (χ4n) is 9.33. The van der Waals surface area contributed by atoms with Gasteiger partial charge in [-0.2, -0.15) is 0 Å². The van der Waals surface area contributed by atoms with Gasteiger partial charge in [-0.25, -0.2) is 9.97 Å². The van der Waals surface area contributed by atoms with Gasteiger partial charge < -0.3 is 9.13 Å². The first kappa shape index (κ1) is 38.9. The van der Waals surface area contributed by atoms with Gasteiger partial charge in [-0.3, -0.25) is 9.13 Å². The van der Waals surface area contributed by atoms with E-state index in [4.69, 9.17) is 9.97 Å². The molecule has 1 aliphatic rings. The lowest BCUT2D eigenvalue weighted by Gasteiger charge is -2.17. The Balaban J connectivity index is 0.00000148. The molecule has 1 atom stereocenters. The predicted octanol–water partition coefficient (Wildman–Crippen LogP) is 14.7. The SMILES string of the molecule is CC1C=Cc2c(n(-c3ccccc3)c3ccc(-c4cn(-c5ccccc5)c(-c5nc(-c6ccc7c(c6)c6ccccc6n7-c6ccccc6)cn5-c5ccccc5)n4)cc23)C1.CCC. The van der Waals surface area contributed by atoms with E-state index in [9.17, 15) is 0 Å². The molecule has 4 heterocycles. The molecule has 12 rings (SSSR count). The molecule has 4 aromatic heterocycles. The third kappa shape index (κ3) is 6.75. The fraction of sp³-hybridized carbons (Fsp3) is 0.103. The maximum atomic E-state index is 5.50. The first-order valence-corrected chi connectivity index (χ1v) is 22.4. The molecule has 310 valence electrons. The summed E-state index contributed by atoms with van der Waals surface area (Å²) in [6, 6.07) is 64.4. The van der Waals surface area contributed by atoms with Gasteiger partial charge in [0.05, 0.1) is 27.9 Å². The highest BCUT2D eigenvalue weighted by molar-refractivity contribution is 6.10.